The topological polar surface area (TPSA) is 84.9 Å². The zero-order valence-corrected chi connectivity index (χ0v) is 18.5. The number of hydrogen-bond acceptors (Lipinski definition) is 6. The zero-order valence-electron chi connectivity index (χ0n) is 17.7. The highest BCUT2D eigenvalue weighted by Crippen LogP contribution is 2.33. The van der Waals surface area contributed by atoms with E-state index in [1.165, 1.54) is 6.42 Å². The molecule has 2 aliphatic rings. The number of carbonyl (C=O) groups is 2. The van der Waals surface area contributed by atoms with Crippen LogP contribution < -0.4 is 5.32 Å². The van der Waals surface area contributed by atoms with Gasteiger partial charge in [0.2, 0.25) is 0 Å². The standard InChI is InChI=1S/C22H32N2O5S/c1-2-30(27)19-9-5-4-8-18(19)21(26)29-16-20(25)23-17-22(10-6-3-7-11-22)24-12-14-28-15-13-24/h4-5,8-9H,2-3,6-7,10-17H2,1H3,(H,23,25). The quantitative estimate of drug-likeness (QED) is 0.629. The van der Waals surface area contributed by atoms with Crippen molar-refractivity contribution in [2.24, 2.45) is 0 Å². The number of rotatable bonds is 8. The maximum Gasteiger partial charge on any atom is 0.339 e. The van der Waals surface area contributed by atoms with Crippen LogP contribution in [-0.2, 0) is 25.1 Å². The molecule has 8 heteroatoms. The normalized spacial score (nSPS) is 20.3. The minimum Gasteiger partial charge on any atom is -0.452 e. The van der Waals surface area contributed by atoms with Crippen LogP contribution in [0.5, 0.6) is 0 Å². The Labute approximate surface area is 180 Å². The molecule has 30 heavy (non-hydrogen) atoms. The molecule has 1 atom stereocenters. The van der Waals surface area contributed by atoms with Crippen molar-refractivity contribution in [3.05, 3.63) is 29.8 Å². The van der Waals surface area contributed by atoms with Crippen LogP contribution in [0.4, 0.5) is 0 Å². The number of ether oxygens (including phenoxy) is 2. The monoisotopic (exact) mass is 436 g/mol. The molecule has 1 aliphatic carbocycles. The Morgan fingerprint density at radius 1 is 1.17 bits per heavy atom. The van der Waals surface area contributed by atoms with Crippen LogP contribution in [0.1, 0.15) is 49.4 Å². The van der Waals surface area contributed by atoms with Gasteiger partial charge in [-0.05, 0) is 25.0 Å². The van der Waals surface area contributed by atoms with Gasteiger partial charge in [-0.1, -0.05) is 38.3 Å². The highest BCUT2D eigenvalue weighted by molar-refractivity contribution is 7.85. The van der Waals surface area contributed by atoms with Gasteiger partial charge < -0.3 is 14.8 Å². The fraction of sp³-hybridized carbons (Fsp3) is 0.636. The third-order valence-electron chi connectivity index (χ3n) is 6.03. The van der Waals surface area contributed by atoms with E-state index in [1.54, 1.807) is 31.2 Å². The summed E-state index contributed by atoms with van der Waals surface area (Å²) in [5.41, 5.74) is 0.217. The van der Waals surface area contributed by atoms with E-state index in [-0.39, 0.29) is 23.6 Å². The molecule has 1 saturated carbocycles. The maximum atomic E-state index is 12.4. The summed E-state index contributed by atoms with van der Waals surface area (Å²) in [7, 11) is -1.27. The van der Waals surface area contributed by atoms with E-state index in [2.05, 4.69) is 10.2 Å². The Bertz CT molecular complexity index is 758. The number of nitrogens with zero attached hydrogens (tertiary/aromatic N) is 1. The summed E-state index contributed by atoms with van der Waals surface area (Å²) in [6.07, 6.45) is 5.67. The number of esters is 1. The third-order valence-corrected chi connectivity index (χ3v) is 7.40. The Morgan fingerprint density at radius 2 is 1.87 bits per heavy atom. The molecule has 1 heterocycles. The molecule has 1 N–H and O–H groups in total. The van der Waals surface area contributed by atoms with Crippen molar-refractivity contribution in [2.45, 2.75) is 49.5 Å². The number of nitrogens with one attached hydrogen (secondary N) is 1. The Morgan fingerprint density at radius 3 is 2.57 bits per heavy atom. The predicted octanol–water partition coefficient (Wildman–Crippen LogP) is 2.12. The van der Waals surface area contributed by atoms with Gasteiger partial charge in [0.1, 0.15) is 0 Å². The van der Waals surface area contributed by atoms with E-state index in [0.717, 1.165) is 52.0 Å². The molecule has 1 amide bonds. The van der Waals surface area contributed by atoms with Crippen LogP contribution in [0.2, 0.25) is 0 Å². The minimum atomic E-state index is -1.27. The second kappa shape index (κ2) is 11.0. The van der Waals surface area contributed by atoms with Crippen LogP contribution in [0.15, 0.2) is 29.2 Å². The zero-order chi connectivity index (χ0) is 21.4. The van der Waals surface area contributed by atoms with Gasteiger partial charge in [-0.2, -0.15) is 0 Å². The number of amides is 1. The molecule has 0 radical (unpaired) electrons. The molecule has 2 fully saturated rings. The molecular formula is C22H32N2O5S. The molecule has 0 spiro atoms. The van der Waals surface area contributed by atoms with Crippen LogP contribution in [0.25, 0.3) is 0 Å². The summed E-state index contributed by atoms with van der Waals surface area (Å²) >= 11 is 0. The molecule has 166 valence electrons. The van der Waals surface area contributed by atoms with Gasteiger partial charge in [0, 0.05) is 30.9 Å². The summed E-state index contributed by atoms with van der Waals surface area (Å²) in [5.74, 6) is -0.521. The Kier molecular flexibility index (Phi) is 8.41. The smallest absolute Gasteiger partial charge is 0.339 e. The molecule has 1 aromatic rings. The molecule has 7 nitrogen and oxygen atoms in total. The number of carbonyl (C=O) groups excluding carboxylic acids is 2. The molecule has 0 aromatic heterocycles. The number of morpholine rings is 1. The van der Waals surface area contributed by atoms with E-state index in [0.29, 0.717) is 17.2 Å². The first-order valence-corrected chi connectivity index (χ1v) is 12.1. The second-order valence-electron chi connectivity index (χ2n) is 7.87. The first kappa shape index (κ1) is 22.9. The number of benzene rings is 1. The molecule has 0 bridgehead atoms. The van der Waals surface area contributed by atoms with Gasteiger partial charge in [-0.15, -0.1) is 0 Å². The third kappa shape index (κ3) is 5.68. The van der Waals surface area contributed by atoms with Gasteiger partial charge in [0.05, 0.1) is 34.5 Å². The SMILES string of the molecule is CCS(=O)c1ccccc1C(=O)OCC(=O)NCC1(N2CCOCC2)CCCCC1. The lowest BCUT2D eigenvalue weighted by molar-refractivity contribution is -0.125. The molecule has 1 unspecified atom stereocenters. The molecular weight excluding hydrogens is 404 g/mol. The van der Waals surface area contributed by atoms with Gasteiger partial charge in [0.15, 0.2) is 6.61 Å². The highest BCUT2D eigenvalue weighted by atomic mass is 32.2. The van der Waals surface area contributed by atoms with Crippen molar-refractivity contribution >= 4 is 22.7 Å². The lowest BCUT2D eigenvalue weighted by atomic mass is 9.79. The van der Waals surface area contributed by atoms with E-state index in [9.17, 15) is 13.8 Å². The van der Waals surface area contributed by atoms with Gasteiger partial charge in [-0.3, -0.25) is 13.9 Å². The largest absolute Gasteiger partial charge is 0.452 e. The molecule has 1 aromatic carbocycles. The van der Waals surface area contributed by atoms with Crippen molar-refractivity contribution in [3.63, 3.8) is 0 Å². The average Bonchev–Trinajstić information content (AvgIpc) is 2.81. The van der Waals surface area contributed by atoms with E-state index in [1.807, 2.05) is 0 Å². The Balaban J connectivity index is 1.55. The van der Waals surface area contributed by atoms with Crippen LogP contribution in [0.3, 0.4) is 0 Å². The highest BCUT2D eigenvalue weighted by Gasteiger charge is 2.38. The van der Waals surface area contributed by atoms with Crippen LogP contribution >= 0.6 is 0 Å². The van der Waals surface area contributed by atoms with Crippen molar-refractivity contribution in [2.75, 3.05) is 45.2 Å². The fourth-order valence-corrected chi connectivity index (χ4v) is 5.30. The lowest BCUT2D eigenvalue weighted by Crippen LogP contribution is -2.59. The maximum absolute atomic E-state index is 12.4. The van der Waals surface area contributed by atoms with E-state index in [4.69, 9.17) is 9.47 Å². The van der Waals surface area contributed by atoms with Crippen LogP contribution in [-0.4, -0.2) is 71.7 Å². The first-order valence-electron chi connectivity index (χ1n) is 10.8. The van der Waals surface area contributed by atoms with Crippen LogP contribution in [0, 0.1) is 0 Å². The summed E-state index contributed by atoms with van der Waals surface area (Å²) in [6.45, 7) is 5.23. The lowest BCUT2D eigenvalue weighted by Gasteiger charge is -2.48. The van der Waals surface area contributed by atoms with E-state index < -0.39 is 16.8 Å². The summed E-state index contributed by atoms with van der Waals surface area (Å²) in [4.78, 5) is 27.8. The summed E-state index contributed by atoms with van der Waals surface area (Å²) in [5, 5.41) is 2.99. The van der Waals surface area contributed by atoms with Crippen molar-refractivity contribution < 1.29 is 23.3 Å². The van der Waals surface area contributed by atoms with Gasteiger partial charge in [-0.25, -0.2) is 4.79 Å². The predicted molar refractivity (Wildman–Crippen MR) is 115 cm³/mol. The summed E-state index contributed by atoms with van der Waals surface area (Å²) < 4.78 is 22.9. The molecule has 1 saturated heterocycles. The van der Waals surface area contributed by atoms with E-state index >= 15 is 0 Å². The number of hydrogen-bond donors (Lipinski definition) is 1. The van der Waals surface area contributed by atoms with Gasteiger partial charge >= 0.3 is 5.97 Å². The fourth-order valence-electron chi connectivity index (χ4n) is 4.36. The summed E-state index contributed by atoms with van der Waals surface area (Å²) in [6, 6.07) is 6.67. The molecule has 3 rings (SSSR count). The van der Waals surface area contributed by atoms with Gasteiger partial charge in [0.25, 0.3) is 5.91 Å². The average molecular weight is 437 g/mol. The van der Waals surface area contributed by atoms with Crippen molar-refractivity contribution in [3.8, 4) is 0 Å². The van der Waals surface area contributed by atoms with Crippen molar-refractivity contribution in [1.29, 1.82) is 0 Å². The second-order valence-corrected chi connectivity index (χ2v) is 9.58. The molecule has 1 aliphatic heterocycles. The van der Waals surface area contributed by atoms with Crippen molar-refractivity contribution in [1.82, 2.24) is 10.2 Å². The Hall–Kier alpha value is -1.77. The minimum absolute atomic E-state index is 0.0354. The first-order chi connectivity index (χ1) is 14.6.